The molecule has 1 aliphatic heterocycles. The fourth-order valence-corrected chi connectivity index (χ4v) is 2.01. The first-order valence-electron chi connectivity index (χ1n) is 5.60. The molecule has 1 heterocycles. The predicted molar refractivity (Wildman–Crippen MR) is 56.0 cm³/mol. The minimum atomic E-state index is -0.0504. The van der Waals surface area contributed by atoms with Crippen LogP contribution in [0.1, 0.15) is 33.1 Å². The van der Waals surface area contributed by atoms with Crippen LogP contribution in [-0.2, 0) is 9.53 Å². The Kier molecular flexibility index (Phi) is 4.94. The molecule has 3 nitrogen and oxygen atoms in total. The van der Waals surface area contributed by atoms with Crippen molar-refractivity contribution in [2.75, 3.05) is 19.7 Å². The van der Waals surface area contributed by atoms with Crippen molar-refractivity contribution < 1.29 is 9.53 Å². The molecule has 2 atom stereocenters. The molecule has 1 N–H and O–H groups in total. The Labute approximate surface area is 86.2 Å². The lowest BCUT2D eigenvalue weighted by Gasteiger charge is -2.27. The second-order valence-electron chi connectivity index (χ2n) is 4.09. The minimum absolute atomic E-state index is 0.0504. The maximum absolute atomic E-state index is 11.3. The number of hydrogen-bond acceptors (Lipinski definition) is 3. The van der Waals surface area contributed by atoms with Crippen molar-refractivity contribution in [3.63, 3.8) is 0 Å². The summed E-state index contributed by atoms with van der Waals surface area (Å²) in [5, 5.41) is 3.37. The Bertz CT molecular complexity index is 176. The second-order valence-corrected chi connectivity index (χ2v) is 4.09. The molecule has 1 saturated heterocycles. The normalized spacial score (nSPS) is 24.3. The van der Waals surface area contributed by atoms with Gasteiger partial charge in [-0.25, -0.2) is 0 Å². The average molecular weight is 199 g/mol. The highest BCUT2D eigenvalue weighted by Gasteiger charge is 2.22. The van der Waals surface area contributed by atoms with Gasteiger partial charge >= 0.3 is 5.97 Å². The first-order chi connectivity index (χ1) is 6.74. The van der Waals surface area contributed by atoms with Crippen molar-refractivity contribution in [2.24, 2.45) is 11.8 Å². The van der Waals surface area contributed by atoms with Crippen molar-refractivity contribution >= 4 is 5.97 Å². The molecule has 0 saturated carbocycles. The topological polar surface area (TPSA) is 38.3 Å². The highest BCUT2D eigenvalue weighted by Crippen LogP contribution is 2.22. The van der Waals surface area contributed by atoms with E-state index in [-0.39, 0.29) is 5.97 Å². The van der Waals surface area contributed by atoms with Crippen molar-refractivity contribution in [1.82, 2.24) is 5.32 Å². The van der Waals surface area contributed by atoms with Crippen LogP contribution in [0.15, 0.2) is 0 Å². The van der Waals surface area contributed by atoms with E-state index in [4.69, 9.17) is 4.74 Å². The summed E-state index contributed by atoms with van der Waals surface area (Å²) in [6.07, 6.45) is 3.05. The van der Waals surface area contributed by atoms with E-state index < -0.39 is 0 Å². The Morgan fingerprint density at radius 2 is 2.43 bits per heavy atom. The van der Waals surface area contributed by atoms with E-state index in [1.165, 1.54) is 12.8 Å². The first-order valence-corrected chi connectivity index (χ1v) is 5.60. The van der Waals surface area contributed by atoms with Crippen molar-refractivity contribution in [3.8, 4) is 0 Å². The predicted octanol–water partition coefficient (Wildman–Crippen LogP) is 1.58. The van der Waals surface area contributed by atoms with Gasteiger partial charge in [-0.2, -0.15) is 0 Å². The fourth-order valence-electron chi connectivity index (χ4n) is 2.01. The molecule has 82 valence electrons. The molecule has 0 radical (unpaired) electrons. The van der Waals surface area contributed by atoms with Gasteiger partial charge in [0.25, 0.3) is 0 Å². The standard InChI is InChI=1S/C11H21NO2/c1-3-14-11(13)7-9(2)10-5-4-6-12-8-10/h9-10,12H,3-8H2,1-2H3/t9-,10+/m0/s1. The molecule has 0 aromatic rings. The van der Waals surface area contributed by atoms with Crippen LogP contribution < -0.4 is 5.32 Å². The zero-order chi connectivity index (χ0) is 10.4. The zero-order valence-electron chi connectivity index (χ0n) is 9.21. The summed E-state index contributed by atoms with van der Waals surface area (Å²) in [6.45, 7) is 6.68. The van der Waals surface area contributed by atoms with E-state index in [0.29, 0.717) is 24.9 Å². The molecule has 0 spiro atoms. The molecule has 0 aliphatic carbocycles. The van der Waals surface area contributed by atoms with Crippen LogP contribution in [0.5, 0.6) is 0 Å². The average Bonchev–Trinajstić information content (AvgIpc) is 2.19. The summed E-state index contributed by atoms with van der Waals surface area (Å²) in [5.74, 6) is 1.04. The fraction of sp³-hybridized carbons (Fsp3) is 0.909. The number of hydrogen-bond donors (Lipinski definition) is 1. The smallest absolute Gasteiger partial charge is 0.306 e. The number of esters is 1. The summed E-state index contributed by atoms with van der Waals surface area (Å²) in [6, 6.07) is 0. The zero-order valence-corrected chi connectivity index (χ0v) is 9.21. The number of nitrogens with one attached hydrogen (secondary N) is 1. The van der Waals surface area contributed by atoms with Gasteiger partial charge in [-0.05, 0) is 44.7 Å². The van der Waals surface area contributed by atoms with Crippen LogP contribution in [0, 0.1) is 11.8 Å². The lowest BCUT2D eigenvalue weighted by molar-refractivity contribution is -0.144. The van der Waals surface area contributed by atoms with Gasteiger partial charge in [-0.15, -0.1) is 0 Å². The molecule has 0 unspecified atom stereocenters. The molecule has 1 fully saturated rings. The van der Waals surface area contributed by atoms with Crippen LogP contribution in [0.2, 0.25) is 0 Å². The molecular formula is C11H21NO2. The largest absolute Gasteiger partial charge is 0.466 e. The SMILES string of the molecule is CCOC(=O)C[C@H](C)[C@@H]1CCCNC1. The van der Waals surface area contributed by atoms with E-state index in [0.717, 1.165) is 13.1 Å². The molecular weight excluding hydrogens is 178 g/mol. The number of carbonyl (C=O) groups excluding carboxylic acids is 1. The molecule has 1 rings (SSSR count). The minimum Gasteiger partial charge on any atom is -0.466 e. The number of piperidine rings is 1. The third-order valence-corrected chi connectivity index (χ3v) is 2.93. The maximum atomic E-state index is 11.3. The molecule has 14 heavy (non-hydrogen) atoms. The second kappa shape index (κ2) is 6.02. The quantitative estimate of drug-likeness (QED) is 0.698. The Balaban J connectivity index is 2.25. The van der Waals surface area contributed by atoms with Gasteiger partial charge in [0.2, 0.25) is 0 Å². The van der Waals surface area contributed by atoms with Crippen LogP contribution in [0.25, 0.3) is 0 Å². The monoisotopic (exact) mass is 199 g/mol. The molecule has 0 bridgehead atoms. The summed E-state index contributed by atoms with van der Waals surface area (Å²) < 4.78 is 4.94. The Hall–Kier alpha value is -0.570. The van der Waals surface area contributed by atoms with Gasteiger partial charge < -0.3 is 10.1 Å². The van der Waals surface area contributed by atoms with Crippen LogP contribution >= 0.6 is 0 Å². The van der Waals surface area contributed by atoms with Gasteiger partial charge in [0.15, 0.2) is 0 Å². The van der Waals surface area contributed by atoms with Crippen LogP contribution in [0.3, 0.4) is 0 Å². The third-order valence-electron chi connectivity index (χ3n) is 2.93. The van der Waals surface area contributed by atoms with Crippen LogP contribution in [-0.4, -0.2) is 25.7 Å². The van der Waals surface area contributed by atoms with E-state index in [9.17, 15) is 4.79 Å². The van der Waals surface area contributed by atoms with Crippen molar-refractivity contribution in [1.29, 1.82) is 0 Å². The molecule has 0 aromatic carbocycles. The van der Waals surface area contributed by atoms with Gasteiger partial charge in [-0.3, -0.25) is 4.79 Å². The van der Waals surface area contributed by atoms with Gasteiger partial charge in [0, 0.05) is 6.42 Å². The molecule has 3 heteroatoms. The van der Waals surface area contributed by atoms with Crippen molar-refractivity contribution in [2.45, 2.75) is 33.1 Å². The highest BCUT2D eigenvalue weighted by molar-refractivity contribution is 5.69. The Morgan fingerprint density at radius 1 is 1.64 bits per heavy atom. The van der Waals surface area contributed by atoms with Gasteiger partial charge in [0.1, 0.15) is 0 Å². The van der Waals surface area contributed by atoms with Gasteiger partial charge in [0.05, 0.1) is 6.61 Å². The molecule has 0 aromatic heterocycles. The number of ether oxygens (including phenoxy) is 1. The van der Waals surface area contributed by atoms with E-state index >= 15 is 0 Å². The highest BCUT2D eigenvalue weighted by atomic mass is 16.5. The van der Waals surface area contributed by atoms with E-state index in [1.54, 1.807) is 0 Å². The van der Waals surface area contributed by atoms with E-state index in [2.05, 4.69) is 12.2 Å². The van der Waals surface area contributed by atoms with Crippen molar-refractivity contribution in [3.05, 3.63) is 0 Å². The lowest BCUT2D eigenvalue weighted by atomic mass is 9.85. The summed E-state index contributed by atoms with van der Waals surface area (Å²) in [7, 11) is 0. The summed E-state index contributed by atoms with van der Waals surface area (Å²) in [4.78, 5) is 11.3. The molecule has 1 aliphatic rings. The third kappa shape index (κ3) is 3.66. The lowest BCUT2D eigenvalue weighted by Crippen LogP contribution is -2.34. The maximum Gasteiger partial charge on any atom is 0.306 e. The van der Waals surface area contributed by atoms with Gasteiger partial charge in [-0.1, -0.05) is 6.92 Å². The summed E-state index contributed by atoms with van der Waals surface area (Å²) in [5.41, 5.74) is 0. The number of carbonyl (C=O) groups is 1. The van der Waals surface area contributed by atoms with Crippen LogP contribution in [0.4, 0.5) is 0 Å². The Morgan fingerprint density at radius 3 is 3.00 bits per heavy atom. The van der Waals surface area contributed by atoms with E-state index in [1.807, 2.05) is 6.92 Å². The first kappa shape index (κ1) is 11.5. The number of rotatable bonds is 4. The molecule has 0 amide bonds. The summed E-state index contributed by atoms with van der Waals surface area (Å²) >= 11 is 0.